The van der Waals surface area contributed by atoms with Crippen LogP contribution in [-0.4, -0.2) is 36.6 Å². The van der Waals surface area contributed by atoms with Crippen LogP contribution in [0.1, 0.15) is 25.3 Å². The smallest absolute Gasteiger partial charge is 0.323 e. The second kappa shape index (κ2) is 7.22. The van der Waals surface area contributed by atoms with Crippen molar-refractivity contribution in [1.82, 2.24) is 0 Å². The van der Waals surface area contributed by atoms with Crippen molar-refractivity contribution in [3.8, 4) is 0 Å². The second-order valence-electron chi connectivity index (χ2n) is 5.33. The van der Waals surface area contributed by atoms with Gasteiger partial charge in [0, 0.05) is 37.3 Å². The first-order valence-corrected chi connectivity index (χ1v) is 7.47. The van der Waals surface area contributed by atoms with Gasteiger partial charge in [-0.15, -0.1) is 0 Å². The van der Waals surface area contributed by atoms with E-state index in [1.807, 2.05) is 0 Å². The number of non-ortho nitro benzene ring substituents is 1. The summed E-state index contributed by atoms with van der Waals surface area (Å²) in [5.74, 6) is -0.485. The largest absolute Gasteiger partial charge is 0.465 e. The van der Waals surface area contributed by atoms with Crippen molar-refractivity contribution in [3.63, 3.8) is 0 Å². The van der Waals surface area contributed by atoms with Gasteiger partial charge in [0.2, 0.25) is 0 Å². The molecule has 2 rings (SSSR count). The van der Waals surface area contributed by atoms with Crippen LogP contribution in [0.15, 0.2) is 18.2 Å². The third kappa shape index (κ3) is 3.73. The second-order valence-corrected chi connectivity index (χ2v) is 5.33. The maximum absolute atomic E-state index is 11.7. The maximum Gasteiger partial charge on any atom is 0.323 e. The normalized spacial score (nSPS) is 15.6. The molecule has 7 nitrogen and oxygen atoms in total. The highest BCUT2D eigenvalue weighted by atomic mass is 16.6. The van der Waals surface area contributed by atoms with Crippen molar-refractivity contribution in [2.24, 2.45) is 5.73 Å². The van der Waals surface area contributed by atoms with E-state index in [0.717, 1.165) is 37.2 Å². The van der Waals surface area contributed by atoms with Crippen molar-refractivity contribution >= 4 is 17.3 Å². The minimum atomic E-state index is -0.816. The van der Waals surface area contributed by atoms with E-state index in [4.69, 9.17) is 10.5 Å². The number of esters is 1. The number of anilines is 1. The van der Waals surface area contributed by atoms with Gasteiger partial charge < -0.3 is 15.4 Å². The Bertz CT molecular complexity index is 556. The molecular formula is C15H21N3O4. The quantitative estimate of drug-likeness (QED) is 0.487. The van der Waals surface area contributed by atoms with Crippen LogP contribution >= 0.6 is 0 Å². The van der Waals surface area contributed by atoms with Crippen LogP contribution in [0.3, 0.4) is 0 Å². The molecule has 7 heteroatoms. The summed E-state index contributed by atoms with van der Waals surface area (Å²) in [6.45, 7) is 3.81. The van der Waals surface area contributed by atoms with Gasteiger partial charge in [0.05, 0.1) is 11.5 Å². The van der Waals surface area contributed by atoms with E-state index in [9.17, 15) is 14.9 Å². The number of carbonyl (C=O) groups excluding carboxylic acids is 1. The number of hydrogen-bond donors (Lipinski definition) is 1. The van der Waals surface area contributed by atoms with Crippen molar-refractivity contribution in [3.05, 3.63) is 33.9 Å². The number of nitro groups is 1. The molecule has 1 atom stereocenters. The summed E-state index contributed by atoms with van der Waals surface area (Å²) < 4.78 is 4.91. The molecule has 1 aromatic rings. The standard InChI is InChI=1S/C15H21N3O4/c1-2-22-15(19)13(16)10-11-9-12(18(20)21)5-6-14(11)17-7-3-4-8-17/h5-6,9,13H,2-4,7-8,10,16H2,1H3. The molecule has 0 aromatic heterocycles. The maximum atomic E-state index is 11.7. The summed E-state index contributed by atoms with van der Waals surface area (Å²) in [5, 5.41) is 11.0. The number of nitrogens with two attached hydrogens (primary N) is 1. The number of nitrogens with zero attached hydrogens (tertiary/aromatic N) is 2. The number of hydrogen-bond acceptors (Lipinski definition) is 6. The summed E-state index contributed by atoms with van der Waals surface area (Å²) in [4.78, 5) is 24.4. The summed E-state index contributed by atoms with van der Waals surface area (Å²) >= 11 is 0. The van der Waals surface area contributed by atoms with E-state index < -0.39 is 16.9 Å². The number of rotatable bonds is 6. The number of carbonyl (C=O) groups is 1. The molecule has 0 spiro atoms. The predicted octanol–water partition coefficient (Wildman–Crippen LogP) is 1.63. The molecule has 0 amide bonds. The highest BCUT2D eigenvalue weighted by molar-refractivity contribution is 5.76. The molecule has 0 radical (unpaired) electrons. The van der Waals surface area contributed by atoms with Gasteiger partial charge in [0.15, 0.2) is 0 Å². The predicted molar refractivity (Wildman–Crippen MR) is 82.9 cm³/mol. The van der Waals surface area contributed by atoms with E-state index in [-0.39, 0.29) is 18.7 Å². The van der Waals surface area contributed by atoms with Crippen LogP contribution in [0, 0.1) is 10.1 Å². The van der Waals surface area contributed by atoms with Gasteiger partial charge in [-0.1, -0.05) is 0 Å². The van der Waals surface area contributed by atoms with E-state index >= 15 is 0 Å². The molecule has 1 fully saturated rings. The Morgan fingerprint density at radius 3 is 2.73 bits per heavy atom. The van der Waals surface area contributed by atoms with Gasteiger partial charge in [-0.3, -0.25) is 14.9 Å². The summed E-state index contributed by atoms with van der Waals surface area (Å²) in [5.41, 5.74) is 7.51. The monoisotopic (exact) mass is 307 g/mol. The summed E-state index contributed by atoms with van der Waals surface area (Å²) in [6, 6.07) is 3.93. The highest BCUT2D eigenvalue weighted by Crippen LogP contribution is 2.29. The Labute approximate surface area is 129 Å². The van der Waals surface area contributed by atoms with Gasteiger partial charge in [-0.25, -0.2) is 0 Å². The van der Waals surface area contributed by atoms with Crippen LogP contribution < -0.4 is 10.6 Å². The molecule has 1 aromatic carbocycles. The summed E-state index contributed by atoms with van der Waals surface area (Å²) in [6.07, 6.45) is 2.42. The molecule has 22 heavy (non-hydrogen) atoms. The average Bonchev–Trinajstić information content (AvgIpc) is 3.01. The third-order valence-corrected chi connectivity index (χ3v) is 3.75. The first kappa shape index (κ1) is 16.2. The zero-order valence-electron chi connectivity index (χ0n) is 12.7. The zero-order chi connectivity index (χ0) is 16.1. The molecule has 1 saturated heterocycles. The van der Waals surface area contributed by atoms with Crippen molar-refractivity contribution in [2.45, 2.75) is 32.2 Å². The first-order chi connectivity index (χ1) is 10.5. The first-order valence-electron chi connectivity index (χ1n) is 7.47. The molecule has 1 aliphatic rings. The van der Waals surface area contributed by atoms with Gasteiger partial charge >= 0.3 is 5.97 Å². The Kier molecular flexibility index (Phi) is 5.32. The molecule has 0 saturated carbocycles. The Morgan fingerprint density at radius 1 is 1.45 bits per heavy atom. The topological polar surface area (TPSA) is 98.7 Å². The minimum absolute atomic E-state index is 0.00834. The lowest BCUT2D eigenvalue weighted by Gasteiger charge is -2.22. The van der Waals surface area contributed by atoms with Crippen LogP contribution in [0.5, 0.6) is 0 Å². The van der Waals surface area contributed by atoms with Gasteiger partial charge in [-0.2, -0.15) is 0 Å². The molecule has 120 valence electrons. The van der Waals surface area contributed by atoms with Gasteiger partial charge in [0.25, 0.3) is 5.69 Å². The van der Waals surface area contributed by atoms with E-state index in [0.29, 0.717) is 0 Å². The number of benzene rings is 1. The molecular weight excluding hydrogens is 286 g/mol. The van der Waals surface area contributed by atoms with Crippen LogP contribution in [-0.2, 0) is 16.0 Å². The number of ether oxygens (including phenoxy) is 1. The van der Waals surface area contributed by atoms with Gasteiger partial charge in [0.1, 0.15) is 6.04 Å². The molecule has 1 heterocycles. The summed E-state index contributed by atoms with van der Waals surface area (Å²) in [7, 11) is 0. The molecule has 2 N–H and O–H groups in total. The average molecular weight is 307 g/mol. The SMILES string of the molecule is CCOC(=O)C(N)Cc1cc([N+](=O)[O-])ccc1N1CCCC1. The van der Waals surface area contributed by atoms with Crippen molar-refractivity contribution < 1.29 is 14.5 Å². The Balaban J connectivity index is 2.26. The van der Waals surface area contributed by atoms with Crippen LogP contribution in [0.2, 0.25) is 0 Å². The molecule has 0 bridgehead atoms. The zero-order valence-corrected chi connectivity index (χ0v) is 12.7. The van der Waals surface area contributed by atoms with Crippen molar-refractivity contribution in [1.29, 1.82) is 0 Å². The van der Waals surface area contributed by atoms with E-state index in [1.165, 1.54) is 12.1 Å². The molecule has 1 unspecified atom stereocenters. The van der Waals surface area contributed by atoms with E-state index in [1.54, 1.807) is 13.0 Å². The highest BCUT2D eigenvalue weighted by Gasteiger charge is 2.22. The fourth-order valence-electron chi connectivity index (χ4n) is 2.69. The lowest BCUT2D eigenvalue weighted by Crippen LogP contribution is -2.35. The molecule has 1 aliphatic heterocycles. The fraction of sp³-hybridized carbons (Fsp3) is 0.533. The Hall–Kier alpha value is -2.15. The van der Waals surface area contributed by atoms with E-state index in [2.05, 4.69) is 4.90 Å². The lowest BCUT2D eigenvalue weighted by molar-refractivity contribution is -0.384. The Morgan fingerprint density at radius 2 is 2.14 bits per heavy atom. The third-order valence-electron chi connectivity index (χ3n) is 3.75. The van der Waals surface area contributed by atoms with Crippen LogP contribution in [0.25, 0.3) is 0 Å². The molecule has 0 aliphatic carbocycles. The van der Waals surface area contributed by atoms with Crippen molar-refractivity contribution in [2.75, 3.05) is 24.6 Å². The fourth-order valence-corrected chi connectivity index (χ4v) is 2.69. The number of nitro benzene ring substituents is 1. The minimum Gasteiger partial charge on any atom is -0.465 e. The lowest BCUT2D eigenvalue weighted by atomic mass is 10.0. The van der Waals surface area contributed by atoms with Crippen LogP contribution in [0.4, 0.5) is 11.4 Å². The van der Waals surface area contributed by atoms with Gasteiger partial charge in [-0.05, 0) is 31.4 Å².